The molecule has 0 saturated carbocycles. The largest absolute Gasteiger partial charge is 0.330 e. The van der Waals surface area contributed by atoms with E-state index in [1.807, 2.05) is 36.5 Å². The normalized spacial score (nSPS) is 11.3. The first-order valence-corrected chi connectivity index (χ1v) is 6.73. The van der Waals surface area contributed by atoms with Crippen LogP contribution in [0, 0.1) is 0 Å². The molecule has 0 bridgehead atoms. The van der Waals surface area contributed by atoms with Crippen molar-refractivity contribution in [2.24, 2.45) is 7.05 Å². The van der Waals surface area contributed by atoms with Gasteiger partial charge in [-0.25, -0.2) is 4.98 Å². The zero-order valence-corrected chi connectivity index (χ0v) is 11.8. The molecule has 2 heterocycles. The van der Waals surface area contributed by atoms with Crippen molar-refractivity contribution in [3.8, 4) is 0 Å². The van der Waals surface area contributed by atoms with Gasteiger partial charge in [0.2, 0.25) is 0 Å². The topological polar surface area (TPSA) is 34.0 Å². The highest BCUT2D eigenvalue weighted by atomic mass is 15.2. The summed E-state index contributed by atoms with van der Waals surface area (Å²) in [5.74, 6) is 1.07. The maximum absolute atomic E-state index is 4.69. The Balaban J connectivity index is 1.77. The number of benzene rings is 1. The van der Waals surface area contributed by atoms with Crippen LogP contribution in [0.5, 0.6) is 0 Å². The summed E-state index contributed by atoms with van der Waals surface area (Å²) in [5, 5.41) is 0. The monoisotopic (exact) mass is 266 g/mol. The number of hydrogen-bond acceptors (Lipinski definition) is 3. The van der Waals surface area contributed by atoms with Gasteiger partial charge in [0.25, 0.3) is 0 Å². The molecule has 0 aliphatic carbocycles. The Labute approximate surface area is 118 Å². The average molecular weight is 266 g/mol. The second-order valence-electron chi connectivity index (χ2n) is 5.07. The number of para-hydroxylation sites is 2. The summed E-state index contributed by atoms with van der Waals surface area (Å²) in [4.78, 5) is 11.3. The number of imidazole rings is 1. The molecule has 0 aliphatic rings. The quantitative estimate of drug-likeness (QED) is 0.728. The highest BCUT2D eigenvalue weighted by Crippen LogP contribution is 2.15. The Morgan fingerprint density at radius 1 is 1.05 bits per heavy atom. The number of aryl methyl sites for hydroxylation is 1. The molecule has 0 spiro atoms. The Kier molecular flexibility index (Phi) is 3.48. The van der Waals surface area contributed by atoms with E-state index in [2.05, 4.69) is 40.7 Å². The first-order chi connectivity index (χ1) is 9.74. The molecule has 0 fully saturated rings. The van der Waals surface area contributed by atoms with Crippen molar-refractivity contribution >= 4 is 11.0 Å². The second kappa shape index (κ2) is 5.43. The fourth-order valence-electron chi connectivity index (χ4n) is 2.40. The van der Waals surface area contributed by atoms with E-state index in [0.29, 0.717) is 0 Å². The first-order valence-electron chi connectivity index (χ1n) is 6.73. The number of nitrogens with zero attached hydrogens (tertiary/aromatic N) is 4. The van der Waals surface area contributed by atoms with Gasteiger partial charge < -0.3 is 4.57 Å². The van der Waals surface area contributed by atoms with Gasteiger partial charge in [-0.05, 0) is 31.3 Å². The fourth-order valence-corrected chi connectivity index (χ4v) is 2.40. The van der Waals surface area contributed by atoms with E-state index in [9.17, 15) is 0 Å². The summed E-state index contributed by atoms with van der Waals surface area (Å²) < 4.78 is 2.16. The van der Waals surface area contributed by atoms with Crippen LogP contribution in [0.25, 0.3) is 11.0 Å². The number of aromatic nitrogens is 3. The van der Waals surface area contributed by atoms with Crippen LogP contribution in [0.2, 0.25) is 0 Å². The van der Waals surface area contributed by atoms with Crippen LogP contribution in [0.4, 0.5) is 0 Å². The van der Waals surface area contributed by atoms with E-state index in [1.165, 1.54) is 5.52 Å². The molecule has 2 aromatic heterocycles. The highest BCUT2D eigenvalue weighted by Gasteiger charge is 2.10. The lowest BCUT2D eigenvalue weighted by atomic mass is 10.3. The second-order valence-corrected chi connectivity index (χ2v) is 5.07. The zero-order valence-electron chi connectivity index (χ0n) is 11.8. The third kappa shape index (κ3) is 2.56. The van der Waals surface area contributed by atoms with E-state index in [0.717, 1.165) is 30.1 Å². The predicted molar refractivity (Wildman–Crippen MR) is 80.1 cm³/mol. The lowest BCUT2D eigenvalue weighted by Gasteiger charge is -2.15. The molecule has 0 atom stereocenters. The lowest BCUT2D eigenvalue weighted by molar-refractivity contribution is 0.304. The smallest absolute Gasteiger partial charge is 0.123 e. The standard InChI is InChI=1S/C16H18N4/c1-19(11-13-7-5-6-10-17-13)12-16-18-14-8-3-4-9-15(14)20(16)2/h3-10H,11-12H2,1-2H3. The van der Waals surface area contributed by atoms with Crippen LogP contribution >= 0.6 is 0 Å². The van der Waals surface area contributed by atoms with Gasteiger partial charge in [-0.1, -0.05) is 18.2 Å². The summed E-state index contributed by atoms with van der Waals surface area (Å²) >= 11 is 0. The molecule has 0 N–H and O–H groups in total. The van der Waals surface area contributed by atoms with Crippen LogP contribution < -0.4 is 0 Å². The van der Waals surface area contributed by atoms with Crippen LogP contribution in [0.1, 0.15) is 11.5 Å². The van der Waals surface area contributed by atoms with Gasteiger partial charge in [0.05, 0.1) is 23.3 Å². The summed E-state index contributed by atoms with van der Waals surface area (Å²) in [6, 6.07) is 14.2. The fraction of sp³-hybridized carbons (Fsp3) is 0.250. The predicted octanol–water partition coefficient (Wildman–Crippen LogP) is 2.60. The first kappa shape index (κ1) is 12.8. The third-order valence-corrected chi connectivity index (χ3v) is 3.45. The molecule has 0 aliphatic heterocycles. The maximum Gasteiger partial charge on any atom is 0.123 e. The van der Waals surface area contributed by atoms with Crippen molar-refractivity contribution in [1.29, 1.82) is 0 Å². The Morgan fingerprint density at radius 2 is 1.85 bits per heavy atom. The molecule has 4 nitrogen and oxygen atoms in total. The van der Waals surface area contributed by atoms with E-state index in [4.69, 9.17) is 4.98 Å². The van der Waals surface area contributed by atoms with Crippen LogP contribution in [-0.4, -0.2) is 26.5 Å². The molecular weight excluding hydrogens is 248 g/mol. The van der Waals surface area contributed by atoms with Gasteiger partial charge in [-0.3, -0.25) is 9.88 Å². The van der Waals surface area contributed by atoms with Crippen molar-refractivity contribution in [2.75, 3.05) is 7.05 Å². The van der Waals surface area contributed by atoms with E-state index < -0.39 is 0 Å². The number of pyridine rings is 1. The maximum atomic E-state index is 4.69. The van der Waals surface area contributed by atoms with Crippen LogP contribution in [0.3, 0.4) is 0 Å². The van der Waals surface area contributed by atoms with Crippen LogP contribution in [-0.2, 0) is 20.1 Å². The summed E-state index contributed by atoms with van der Waals surface area (Å²) in [6.45, 7) is 1.63. The van der Waals surface area contributed by atoms with Gasteiger partial charge >= 0.3 is 0 Å². The number of hydrogen-bond donors (Lipinski definition) is 0. The van der Waals surface area contributed by atoms with Crippen molar-refractivity contribution in [1.82, 2.24) is 19.4 Å². The molecule has 3 aromatic rings. The highest BCUT2D eigenvalue weighted by molar-refractivity contribution is 5.75. The van der Waals surface area contributed by atoms with Crippen molar-refractivity contribution in [3.63, 3.8) is 0 Å². The Hall–Kier alpha value is -2.20. The Morgan fingerprint density at radius 3 is 2.60 bits per heavy atom. The van der Waals surface area contributed by atoms with Crippen LogP contribution in [0.15, 0.2) is 48.7 Å². The summed E-state index contributed by atoms with van der Waals surface area (Å²) in [7, 11) is 4.16. The Bertz CT molecular complexity index is 703. The zero-order chi connectivity index (χ0) is 13.9. The minimum Gasteiger partial charge on any atom is -0.330 e. The molecule has 0 unspecified atom stereocenters. The molecule has 0 saturated heterocycles. The molecule has 4 heteroatoms. The molecule has 1 aromatic carbocycles. The molecule has 20 heavy (non-hydrogen) atoms. The molecular formula is C16H18N4. The van der Waals surface area contributed by atoms with E-state index in [1.54, 1.807) is 0 Å². The molecule has 102 valence electrons. The third-order valence-electron chi connectivity index (χ3n) is 3.45. The minimum absolute atomic E-state index is 0.807. The number of fused-ring (bicyclic) bond motifs is 1. The van der Waals surface area contributed by atoms with Gasteiger partial charge in [-0.2, -0.15) is 0 Å². The molecule has 0 amide bonds. The average Bonchev–Trinajstić information content (AvgIpc) is 2.77. The van der Waals surface area contributed by atoms with Gasteiger partial charge in [-0.15, -0.1) is 0 Å². The van der Waals surface area contributed by atoms with E-state index in [-0.39, 0.29) is 0 Å². The lowest BCUT2D eigenvalue weighted by Crippen LogP contribution is -2.20. The van der Waals surface area contributed by atoms with Gasteiger partial charge in [0, 0.05) is 19.8 Å². The van der Waals surface area contributed by atoms with E-state index >= 15 is 0 Å². The number of rotatable bonds is 4. The summed E-state index contributed by atoms with van der Waals surface area (Å²) in [5.41, 5.74) is 3.30. The molecule has 0 radical (unpaired) electrons. The van der Waals surface area contributed by atoms with Gasteiger partial charge in [0.15, 0.2) is 0 Å². The van der Waals surface area contributed by atoms with Crippen molar-refractivity contribution in [2.45, 2.75) is 13.1 Å². The SMILES string of the molecule is CN(Cc1ccccn1)Cc1nc2ccccc2n1C. The van der Waals surface area contributed by atoms with Gasteiger partial charge in [0.1, 0.15) is 5.82 Å². The molecule has 3 rings (SSSR count). The van der Waals surface area contributed by atoms with Crippen molar-refractivity contribution < 1.29 is 0 Å². The van der Waals surface area contributed by atoms with Crippen molar-refractivity contribution in [3.05, 3.63) is 60.2 Å². The minimum atomic E-state index is 0.807. The summed E-state index contributed by atoms with van der Waals surface area (Å²) in [6.07, 6.45) is 1.83.